The van der Waals surface area contributed by atoms with Crippen LogP contribution in [0.15, 0.2) is 48.5 Å². The summed E-state index contributed by atoms with van der Waals surface area (Å²) in [7, 11) is 1.64. The molecular weight excluding hydrogens is 276 g/mol. The minimum atomic E-state index is 0.0388. The van der Waals surface area contributed by atoms with Crippen molar-refractivity contribution in [2.45, 2.75) is 19.9 Å². The van der Waals surface area contributed by atoms with E-state index in [2.05, 4.69) is 10.6 Å². The Morgan fingerprint density at radius 2 is 1.82 bits per heavy atom. The monoisotopic (exact) mass is 298 g/mol. The molecule has 0 heterocycles. The maximum atomic E-state index is 11.8. The Bertz CT molecular complexity index is 609. The maximum Gasteiger partial charge on any atom is 0.222 e. The maximum absolute atomic E-state index is 11.8. The average molecular weight is 298 g/mol. The molecule has 0 aliphatic rings. The molecule has 0 spiro atoms. The molecule has 0 fully saturated rings. The van der Waals surface area contributed by atoms with E-state index in [1.165, 1.54) is 5.56 Å². The third kappa shape index (κ3) is 4.81. The highest BCUT2D eigenvalue weighted by Gasteiger charge is 2.02. The molecule has 0 unspecified atom stereocenters. The zero-order chi connectivity index (χ0) is 15.8. The highest BCUT2D eigenvalue weighted by Crippen LogP contribution is 2.13. The molecule has 116 valence electrons. The van der Waals surface area contributed by atoms with Crippen molar-refractivity contribution in [3.63, 3.8) is 0 Å². The van der Waals surface area contributed by atoms with Crippen LogP contribution in [0.2, 0.25) is 0 Å². The van der Waals surface area contributed by atoms with Crippen molar-refractivity contribution in [1.29, 1.82) is 0 Å². The second kappa shape index (κ2) is 8.08. The van der Waals surface area contributed by atoms with E-state index in [0.29, 0.717) is 19.5 Å². The number of carbonyl (C=O) groups excluding carboxylic acids is 1. The molecule has 4 heteroatoms. The number of carbonyl (C=O) groups is 1. The fraction of sp³-hybridized carbons (Fsp3) is 0.278. The molecule has 0 saturated heterocycles. The first-order valence-corrected chi connectivity index (χ1v) is 7.38. The van der Waals surface area contributed by atoms with Crippen LogP contribution in [0.3, 0.4) is 0 Å². The van der Waals surface area contributed by atoms with Crippen molar-refractivity contribution in [2.75, 3.05) is 19.0 Å². The summed E-state index contributed by atoms with van der Waals surface area (Å²) in [6, 6.07) is 15.7. The number of nitrogens with one attached hydrogen (secondary N) is 2. The lowest BCUT2D eigenvalue weighted by Crippen LogP contribution is -2.24. The van der Waals surface area contributed by atoms with Gasteiger partial charge in [-0.05, 0) is 36.2 Å². The van der Waals surface area contributed by atoms with Gasteiger partial charge in [-0.2, -0.15) is 0 Å². The molecule has 1 amide bonds. The zero-order valence-corrected chi connectivity index (χ0v) is 13.1. The van der Waals surface area contributed by atoms with Gasteiger partial charge in [-0.1, -0.05) is 30.3 Å². The first-order chi connectivity index (χ1) is 10.7. The molecule has 0 aromatic heterocycles. The van der Waals surface area contributed by atoms with Crippen molar-refractivity contribution in [2.24, 2.45) is 0 Å². The van der Waals surface area contributed by atoms with Gasteiger partial charge in [0.05, 0.1) is 7.11 Å². The van der Waals surface area contributed by atoms with Crippen LogP contribution in [0, 0.1) is 6.92 Å². The Morgan fingerprint density at radius 1 is 1.09 bits per heavy atom. The van der Waals surface area contributed by atoms with E-state index in [4.69, 9.17) is 4.74 Å². The third-order valence-electron chi connectivity index (χ3n) is 3.46. The number of methoxy groups -OCH3 is 1. The third-order valence-corrected chi connectivity index (χ3v) is 3.46. The second-order valence-corrected chi connectivity index (χ2v) is 5.12. The van der Waals surface area contributed by atoms with Crippen LogP contribution >= 0.6 is 0 Å². The van der Waals surface area contributed by atoms with Crippen molar-refractivity contribution in [1.82, 2.24) is 5.32 Å². The van der Waals surface area contributed by atoms with Gasteiger partial charge in [0.2, 0.25) is 5.91 Å². The summed E-state index contributed by atoms with van der Waals surface area (Å²) < 4.78 is 5.10. The van der Waals surface area contributed by atoms with Gasteiger partial charge in [0.1, 0.15) is 5.75 Å². The minimum absolute atomic E-state index is 0.0388. The lowest BCUT2D eigenvalue weighted by atomic mass is 10.2. The number of amides is 1. The Labute approximate surface area is 131 Å². The SMILES string of the molecule is COc1ccc(CNC(=O)CCNc2ccccc2C)cc1. The number of hydrogen-bond acceptors (Lipinski definition) is 3. The van der Waals surface area contributed by atoms with Crippen LogP contribution < -0.4 is 15.4 Å². The predicted octanol–water partition coefficient (Wildman–Crippen LogP) is 3.12. The van der Waals surface area contributed by atoms with Crippen LogP contribution in [0.4, 0.5) is 5.69 Å². The number of hydrogen-bond donors (Lipinski definition) is 2. The minimum Gasteiger partial charge on any atom is -0.497 e. The Morgan fingerprint density at radius 3 is 2.50 bits per heavy atom. The number of benzene rings is 2. The van der Waals surface area contributed by atoms with E-state index >= 15 is 0 Å². The van der Waals surface area contributed by atoms with Crippen LogP contribution in [-0.4, -0.2) is 19.6 Å². The van der Waals surface area contributed by atoms with E-state index in [1.807, 2.05) is 55.5 Å². The summed E-state index contributed by atoms with van der Waals surface area (Å²) in [4.78, 5) is 11.8. The summed E-state index contributed by atoms with van der Waals surface area (Å²) in [5, 5.41) is 6.20. The van der Waals surface area contributed by atoms with E-state index in [0.717, 1.165) is 17.0 Å². The average Bonchev–Trinajstić information content (AvgIpc) is 2.55. The number of anilines is 1. The summed E-state index contributed by atoms with van der Waals surface area (Å²) in [6.45, 7) is 3.21. The lowest BCUT2D eigenvalue weighted by molar-refractivity contribution is -0.121. The molecule has 0 saturated carbocycles. The summed E-state index contributed by atoms with van der Waals surface area (Å²) >= 11 is 0. The van der Waals surface area contributed by atoms with Crippen LogP contribution in [0.1, 0.15) is 17.5 Å². The summed E-state index contributed by atoms with van der Waals surface area (Å²) in [5.74, 6) is 0.856. The number of aryl methyl sites for hydroxylation is 1. The summed E-state index contributed by atoms with van der Waals surface area (Å²) in [6.07, 6.45) is 0.449. The largest absolute Gasteiger partial charge is 0.497 e. The smallest absolute Gasteiger partial charge is 0.222 e. The second-order valence-electron chi connectivity index (χ2n) is 5.12. The normalized spacial score (nSPS) is 10.1. The van der Waals surface area contributed by atoms with Gasteiger partial charge in [-0.3, -0.25) is 4.79 Å². The molecule has 2 rings (SSSR count). The molecule has 0 aliphatic carbocycles. The fourth-order valence-electron chi connectivity index (χ4n) is 2.11. The quantitative estimate of drug-likeness (QED) is 0.825. The number of rotatable bonds is 7. The number of para-hydroxylation sites is 1. The van der Waals surface area contributed by atoms with Gasteiger partial charge in [-0.15, -0.1) is 0 Å². The molecule has 0 aliphatic heterocycles. The van der Waals surface area contributed by atoms with E-state index in [-0.39, 0.29) is 5.91 Å². The molecule has 2 aromatic carbocycles. The molecule has 0 bridgehead atoms. The highest BCUT2D eigenvalue weighted by atomic mass is 16.5. The predicted molar refractivity (Wildman–Crippen MR) is 89.1 cm³/mol. The first-order valence-electron chi connectivity index (χ1n) is 7.38. The Kier molecular flexibility index (Phi) is 5.83. The molecule has 0 radical (unpaired) electrons. The topological polar surface area (TPSA) is 50.4 Å². The van der Waals surface area contributed by atoms with E-state index in [1.54, 1.807) is 7.11 Å². The Balaban J connectivity index is 1.70. The van der Waals surface area contributed by atoms with Gasteiger partial charge < -0.3 is 15.4 Å². The van der Waals surface area contributed by atoms with Gasteiger partial charge in [-0.25, -0.2) is 0 Å². The van der Waals surface area contributed by atoms with Crippen molar-refractivity contribution in [3.8, 4) is 5.75 Å². The van der Waals surface area contributed by atoms with Crippen molar-refractivity contribution >= 4 is 11.6 Å². The van der Waals surface area contributed by atoms with Gasteiger partial charge >= 0.3 is 0 Å². The van der Waals surface area contributed by atoms with Gasteiger partial charge in [0.25, 0.3) is 0 Å². The molecule has 2 N–H and O–H groups in total. The van der Waals surface area contributed by atoms with E-state index in [9.17, 15) is 4.79 Å². The molecular formula is C18H22N2O2. The van der Waals surface area contributed by atoms with Crippen LogP contribution in [0.25, 0.3) is 0 Å². The van der Waals surface area contributed by atoms with Crippen LogP contribution in [0.5, 0.6) is 5.75 Å². The summed E-state index contributed by atoms with van der Waals surface area (Å²) in [5.41, 5.74) is 3.31. The van der Waals surface area contributed by atoms with Gasteiger partial charge in [0.15, 0.2) is 0 Å². The van der Waals surface area contributed by atoms with Crippen molar-refractivity contribution < 1.29 is 9.53 Å². The van der Waals surface area contributed by atoms with Crippen LogP contribution in [-0.2, 0) is 11.3 Å². The highest BCUT2D eigenvalue weighted by molar-refractivity contribution is 5.76. The van der Waals surface area contributed by atoms with Gasteiger partial charge in [0, 0.05) is 25.2 Å². The molecule has 0 atom stereocenters. The molecule has 2 aromatic rings. The van der Waals surface area contributed by atoms with Crippen molar-refractivity contribution in [3.05, 3.63) is 59.7 Å². The van der Waals surface area contributed by atoms with E-state index < -0.39 is 0 Å². The standard InChI is InChI=1S/C18H22N2O2/c1-14-5-3-4-6-17(14)19-12-11-18(21)20-13-15-7-9-16(22-2)10-8-15/h3-10,19H,11-13H2,1-2H3,(H,20,21). The zero-order valence-electron chi connectivity index (χ0n) is 13.1. The molecule has 22 heavy (non-hydrogen) atoms. The first kappa shape index (κ1) is 15.9. The Hall–Kier alpha value is -2.49. The lowest BCUT2D eigenvalue weighted by Gasteiger charge is -2.10. The fourth-order valence-corrected chi connectivity index (χ4v) is 2.11. The number of ether oxygens (including phenoxy) is 1. The molecule has 4 nitrogen and oxygen atoms in total.